The molecular formula is C75H44N2. The SMILES string of the molecule is c1ccc(C2(c3ccccc3)c3ccccc3-c3cccc(-c4c5cccc(-c6ccc7c8ccccc8n8c9ccccc9c6c78)c5cc5c(-c6ccc7c8ccccc8n8c9ccccc9c6c78)cccc45)c32)cc1. The van der Waals surface area contributed by atoms with Crippen LogP contribution in [0.15, 0.2) is 267 Å². The molecule has 0 radical (unpaired) electrons. The Balaban J connectivity index is 1.03. The Morgan fingerprint density at radius 1 is 0.234 bits per heavy atom. The van der Waals surface area contributed by atoms with Crippen LogP contribution in [0.3, 0.4) is 0 Å². The third-order valence-corrected chi connectivity index (χ3v) is 17.9. The summed E-state index contributed by atoms with van der Waals surface area (Å²) in [5.74, 6) is 0. The first-order valence-electron chi connectivity index (χ1n) is 26.9. The number of para-hydroxylation sites is 4. The van der Waals surface area contributed by atoms with E-state index in [9.17, 15) is 0 Å². The van der Waals surface area contributed by atoms with Crippen LogP contribution in [-0.2, 0) is 5.41 Å². The van der Waals surface area contributed by atoms with Crippen molar-refractivity contribution in [3.8, 4) is 44.5 Å². The fraction of sp³-hybridized carbons (Fsp3) is 0.0133. The zero-order valence-corrected chi connectivity index (χ0v) is 41.8. The van der Waals surface area contributed by atoms with Crippen molar-refractivity contribution >= 4 is 97.7 Å². The molecule has 0 bridgehead atoms. The summed E-state index contributed by atoms with van der Waals surface area (Å²) in [5.41, 5.74) is 22.0. The standard InChI is InChI=1S/C75H44N2/c1-3-20-45(21-4-1)75(46-22-5-2-6-23-46)64-35-12-7-24-49(64)56-33-19-34-61(72(56)75)69-52-31-17-29-47(54-40-42-57-50-25-8-13-36-65(50)76-67-38-15-10-27-59(67)70(54)73(57)76)62(52)44-63-48(30-18-32-53(63)69)55-41-43-58-51-26-9-14-37-66(51)77-68-39-16-11-28-60(68)71(55)74(58)77/h1-44H. The first-order chi connectivity index (χ1) is 38.3. The molecule has 1 aliphatic carbocycles. The molecule has 4 heterocycles. The molecule has 18 rings (SSSR count). The molecular weight excluding hydrogens is 929 g/mol. The van der Waals surface area contributed by atoms with Crippen LogP contribution in [0.5, 0.6) is 0 Å². The maximum atomic E-state index is 2.55. The van der Waals surface area contributed by atoms with E-state index in [0.717, 1.165) is 0 Å². The molecule has 13 aromatic carbocycles. The Kier molecular flexibility index (Phi) is 8.09. The van der Waals surface area contributed by atoms with Gasteiger partial charge >= 0.3 is 0 Å². The van der Waals surface area contributed by atoms with E-state index in [1.54, 1.807) is 0 Å². The second-order valence-corrected chi connectivity index (χ2v) is 21.3. The highest BCUT2D eigenvalue weighted by Gasteiger charge is 2.48. The lowest BCUT2D eigenvalue weighted by atomic mass is 9.65. The van der Waals surface area contributed by atoms with Crippen LogP contribution in [0.2, 0.25) is 0 Å². The molecule has 4 aromatic heterocycles. The van der Waals surface area contributed by atoms with Gasteiger partial charge in [0.15, 0.2) is 0 Å². The van der Waals surface area contributed by atoms with Crippen molar-refractivity contribution in [3.05, 3.63) is 289 Å². The predicted molar refractivity (Wildman–Crippen MR) is 324 cm³/mol. The molecule has 0 amide bonds. The van der Waals surface area contributed by atoms with Crippen molar-refractivity contribution in [1.29, 1.82) is 0 Å². The highest BCUT2D eigenvalue weighted by atomic mass is 14.9. The van der Waals surface area contributed by atoms with E-state index < -0.39 is 5.41 Å². The molecule has 0 fully saturated rings. The first-order valence-corrected chi connectivity index (χ1v) is 26.9. The molecule has 77 heavy (non-hydrogen) atoms. The minimum absolute atomic E-state index is 0.614. The summed E-state index contributed by atoms with van der Waals surface area (Å²) in [5, 5.41) is 15.2. The van der Waals surface area contributed by atoms with Crippen LogP contribution < -0.4 is 0 Å². The molecule has 354 valence electrons. The molecule has 2 heteroatoms. The fourth-order valence-electron chi connectivity index (χ4n) is 15.0. The highest BCUT2D eigenvalue weighted by Crippen LogP contribution is 2.60. The maximum absolute atomic E-state index is 2.55. The number of hydrogen-bond donors (Lipinski definition) is 0. The van der Waals surface area contributed by atoms with E-state index in [4.69, 9.17) is 0 Å². The van der Waals surface area contributed by atoms with Gasteiger partial charge in [-0.25, -0.2) is 0 Å². The van der Waals surface area contributed by atoms with Gasteiger partial charge in [0.25, 0.3) is 0 Å². The molecule has 0 saturated heterocycles. The van der Waals surface area contributed by atoms with Crippen molar-refractivity contribution in [2.24, 2.45) is 0 Å². The Bertz CT molecular complexity index is 5050. The summed E-state index contributed by atoms with van der Waals surface area (Å²) in [4.78, 5) is 0. The van der Waals surface area contributed by atoms with Gasteiger partial charge < -0.3 is 8.80 Å². The number of aromatic nitrogens is 2. The van der Waals surface area contributed by atoms with Crippen LogP contribution in [-0.4, -0.2) is 8.80 Å². The first kappa shape index (κ1) is 41.3. The lowest BCUT2D eigenvalue weighted by molar-refractivity contribution is 0.770. The smallest absolute Gasteiger partial charge is 0.0719 e. The van der Waals surface area contributed by atoms with Gasteiger partial charge in [-0.05, 0) is 119 Å². The summed E-state index contributed by atoms with van der Waals surface area (Å²) in [6, 6.07) is 101. The van der Waals surface area contributed by atoms with Gasteiger partial charge in [-0.1, -0.05) is 237 Å². The quantitative estimate of drug-likeness (QED) is 0.152. The molecule has 0 unspecified atom stereocenters. The third-order valence-electron chi connectivity index (χ3n) is 17.9. The average Bonchev–Trinajstić information content (AvgIpc) is 4.34. The summed E-state index contributed by atoms with van der Waals surface area (Å²) in [7, 11) is 0. The van der Waals surface area contributed by atoms with E-state index in [1.807, 2.05) is 0 Å². The largest absolute Gasteiger partial charge is 0.308 e. The Morgan fingerprint density at radius 3 is 1.16 bits per heavy atom. The fourth-order valence-corrected chi connectivity index (χ4v) is 15.0. The van der Waals surface area contributed by atoms with E-state index in [-0.39, 0.29) is 0 Å². The average molecular weight is 973 g/mol. The number of hydrogen-bond acceptors (Lipinski definition) is 0. The van der Waals surface area contributed by atoms with Crippen LogP contribution >= 0.6 is 0 Å². The number of rotatable bonds is 5. The van der Waals surface area contributed by atoms with Crippen LogP contribution in [0.4, 0.5) is 0 Å². The minimum Gasteiger partial charge on any atom is -0.308 e. The van der Waals surface area contributed by atoms with Gasteiger partial charge in [0.05, 0.1) is 38.5 Å². The monoisotopic (exact) mass is 972 g/mol. The van der Waals surface area contributed by atoms with Crippen LogP contribution in [0.1, 0.15) is 22.3 Å². The molecule has 17 aromatic rings. The van der Waals surface area contributed by atoms with Crippen molar-refractivity contribution in [2.75, 3.05) is 0 Å². The Labute approximate surface area is 443 Å². The normalized spacial score (nSPS) is 13.3. The Morgan fingerprint density at radius 2 is 0.623 bits per heavy atom. The maximum Gasteiger partial charge on any atom is 0.0719 e. The summed E-state index contributed by atoms with van der Waals surface area (Å²) in [6.07, 6.45) is 0. The Hall–Kier alpha value is -10.0. The molecule has 0 aliphatic heterocycles. The highest BCUT2D eigenvalue weighted by molar-refractivity contribution is 6.31. The lowest BCUT2D eigenvalue weighted by Crippen LogP contribution is -2.29. The second-order valence-electron chi connectivity index (χ2n) is 21.3. The molecule has 0 spiro atoms. The minimum atomic E-state index is -0.614. The van der Waals surface area contributed by atoms with E-state index in [2.05, 4.69) is 276 Å². The molecule has 1 aliphatic rings. The van der Waals surface area contributed by atoms with Gasteiger partial charge in [-0.15, -0.1) is 0 Å². The van der Waals surface area contributed by atoms with Crippen LogP contribution in [0, 0.1) is 0 Å². The van der Waals surface area contributed by atoms with Crippen molar-refractivity contribution < 1.29 is 0 Å². The van der Waals surface area contributed by atoms with Gasteiger partial charge in [-0.2, -0.15) is 0 Å². The van der Waals surface area contributed by atoms with Crippen molar-refractivity contribution in [2.45, 2.75) is 5.41 Å². The summed E-state index contributed by atoms with van der Waals surface area (Å²) in [6.45, 7) is 0. The number of fused-ring (bicyclic) bond motifs is 17. The molecule has 0 atom stereocenters. The second kappa shape index (κ2) is 15.1. The van der Waals surface area contributed by atoms with Crippen LogP contribution in [0.25, 0.3) is 142 Å². The summed E-state index contributed by atoms with van der Waals surface area (Å²) < 4.78 is 5.02. The zero-order valence-electron chi connectivity index (χ0n) is 41.8. The van der Waals surface area contributed by atoms with E-state index >= 15 is 0 Å². The number of benzene rings is 13. The lowest BCUT2D eigenvalue weighted by Gasteiger charge is -2.35. The van der Waals surface area contributed by atoms with Crippen molar-refractivity contribution in [1.82, 2.24) is 8.80 Å². The van der Waals surface area contributed by atoms with Gasteiger partial charge in [0.2, 0.25) is 0 Å². The topological polar surface area (TPSA) is 8.82 Å². The van der Waals surface area contributed by atoms with Crippen molar-refractivity contribution in [3.63, 3.8) is 0 Å². The molecule has 0 saturated carbocycles. The van der Waals surface area contributed by atoms with Gasteiger partial charge in [-0.3, -0.25) is 0 Å². The zero-order chi connectivity index (χ0) is 50.1. The third kappa shape index (κ3) is 5.15. The molecule has 2 nitrogen and oxygen atoms in total. The molecule has 0 N–H and O–H groups in total. The van der Waals surface area contributed by atoms with Gasteiger partial charge in [0, 0.05) is 43.1 Å². The number of nitrogens with zero attached hydrogens (tertiary/aromatic N) is 2. The van der Waals surface area contributed by atoms with E-state index in [0.29, 0.717) is 0 Å². The summed E-state index contributed by atoms with van der Waals surface area (Å²) >= 11 is 0. The van der Waals surface area contributed by atoms with Gasteiger partial charge in [0.1, 0.15) is 0 Å². The predicted octanol–water partition coefficient (Wildman–Crippen LogP) is 19.7. The van der Waals surface area contributed by atoms with E-state index in [1.165, 1.54) is 164 Å².